The molecule has 15 heavy (non-hydrogen) atoms. The Kier molecular flexibility index (Phi) is 2.41. The molecule has 7 heteroatoms. The third kappa shape index (κ3) is 1.71. The van der Waals surface area contributed by atoms with Gasteiger partial charge >= 0.3 is 0 Å². The molecule has 0 unspecified atom stereocenters. The van der Waals surface area contributed by atoms with Gasteiger partial charge in [-0.05, 0) is 18.6 Å². The lowest BCUT2D eigenvalue weighted by Gasteiger charge is -1.98. The molecule has 2 aromatic rings. The fourth-order valence-electron chi connectivity index (χ4n) is 1.40. The van der Waals surface area contributed by atoms with Crippen LogP contribution in [-0.4, -0.2) is 18.6 Å². The van der Waals surface area contributed by atoms with E-state index in [-0.39, 0.29) is 5.03 Å². The van der Waals surface area contributed by atoms with Gasteiger partial charge in [0.2, 0.25) is 0 Å². The van der Waals surface area contributed by atoms with Gasteiger partial charge in [0.1, 0.15) is 5.52 Å². The second-order valence-corrected chi connectivity index (χ2v) is 5.99. The second-order valence-electron chi connectivity index (χ2n) is 3.08. The van der Waals surface area contributed by atoms with E-state index in [0.717, 1.165) is 5.56 Å². The van der Waals surface area contributed by atoms with Gasteiger partial charge in [0.15, 0.2) is 5.03 Å². The molecule has 1 heterocycles. The Labute approximate surface area is 95.6 Å². The predicted molar refractivity (Wildman–Crippen MR) is 58.9 cm³/mol. The molecule has 1 aromatic heterocycles. The summed E-state index contributed by atoms with van der Waals surface area (Å²) in [6.07, 6.45) is 0. The van der Waals surface area contributed by atoms with Crippen molar-refractivity contribution in [3.05, 3.63) is 22.7 Å². The highest BCUT2D eigenvalue weighted by atomic mass is 35.7. The van der Waals surface area contributed by atoms with Gasteiger partial charge < -0.3 is 0 Å². The quantitative estimate of drug-likeness (QED) is 0.805. The van der Waals surface area contributed by atoms with Crippen molar-refractivity contribution in [2.45, 2.75) is 11.9 Å². The van der Waals surface area contributed by atoms with E-state index < -0.39 is 9.05 Å². The standard InChI is InChI=1S/C8H6Cl2N2O2S/c1-4-2-3-5(9)7-6(4)8(12-11-7)15(10,13)14/h2-3H,1H3,(H,11,12). The number of nitrogens with zero attached hydrogens (tertiary/aromatic N) is 1. The van der Waals surface area contributed by atoms with Crippen LogP contribution >= 0.6 is 22.3 Å². The minimum Gasteiger partial charge on any atom is -0.265 e. The first kappa shape index (κ1) is 10.7. The number of halogens is 2. The molecule has 0 radical (unpaired) electrons. The number of fused-ring (bicyclic) bond motifs is 1. The minimum atomic E-state index is -3.83. The molecule has 0 aliphatic carbocycles. The van der Waals surface area contributed by atoms with E-state index in [1.54, 1.807) is 19.1 Å². The molecule has 0 atom stereocenters. The topological polar surface area (TPSA) is 62.8 Å². The molecule has 0 saturated heterocycles. The lowest BCUT2D eigenvalue weighted by Crippen LogP contribution is -1.92. The number of nitrogens with one attached hydrogen (secondary N) is 1. The smallest absolute Gasteiger partial charge is 0.265 e. The van der Waals surface area contributed by atoms with Crippen LogP contribution in [0.5, 0.6) is 0 Å². The number of hydrogen-bond donors (Lipinski definition) is 1. The zero-order chi connectivity index (χ0) is 11.2. The maximum absolute atomic E-state index is 11.2. The van der Waals surface area contributed by atoms with Gasteiger partial charge in [0.25, 0.3) is 9.05 Å². The summed E-state index contributed by atoms with van der Waals surface area (Å²) in [6.45, 7) is 1.76. The Hall–Kier alpha value is -0.780. The predicted octanol–water partition coefficient (Wildman–Crippen LogP) is 2.45. The molecule has 80 valence electrons. The van der Waals surface area contributed by atoms with Gasteiger partial charge in [-0.3, -0.25) is 5.10 Å². The minimum absolute atomic E-state index is 0.112. The average Bonchev–Trinajstić information content (AvgIpc) is 2.55. The number of H-pyrrole nitrogens is 1. The molecule has 0 fully saturated rings. The van der Waals surface area contributed by atoms with Crippen LogP contribution in [0.3, 0.4) is 0 Å². The zero-order valence-electron chi connectivity index (χ0n) is 7.58. The normalized spacial score (nSPS) is 12.2. The summed E-state index contributed by atoms with van der Waals surface area (Å²) in [5.41, 5.74) is 1.17. The number of rotatable bonds is 1. The molecule has 4 nitrogen and oxygen atoms in total. The molecule has 2 rings (SSSR count). The SMILES string of the molecule is Cc1ccc(Cl)c2n[nH]c(S(=O)(=O)Cl)c12. The van der Waals surface area contributed by atoms with Crippen LogP contribution in [0.1, 0.15) is 5.56 Å². The molecule has 1 aromatic carbocycles. The van der Waals surface area contributed by atoms with Crippen molar-refractivity contribution >= 4 is 42.2 Å². The third-order valence-corrected chi connectivity index (χ3v) is 3.63. The van der Waals surface area contributed by atoms with Crippen molar-refractivity contribution in [3.63, 3.8) is 0 Å². The van der Waals surface area contributed by atoms with E-state index in [4.69, 9.17) is 22.3 Å². The summed E-state index contributed by atoms with van der Waals surface area (Å²) in [6, 6.07) is 3.37. The summed E-state index contributed by atoms with van der Waals surface area (Å²) in [5.74, 6) is 0. The Morgan fingerprint density at radius 3 is 2.67 bits per heavy atom. The number of aromatic nitrogens is 2. The van der Waals surface area contributed by atoms with Crippen LogP contribution in [-0.2, 0) is 9.05 Å². The molecule has 0 aliphatic heterocycles. The Morgan fingerprint density at radius 2 is 2.07 bits per heavy atom. The highest BCUT2D eigenvalue weighted by molar-refractivity contribution is 8.13. The summed E-state index contributed by atoms with van der Waals surface area (Å²) in [4.78, 5) is 0. The van der Waals surface area contributed by atoms with Crippen molar-refractivity contribution in [2.75, 3.05) is 0 Å². The van der Waals surface area contributed by atoms with E-state index in [0.29, 0.717) is 15.9 Å². The molecule has 1 N–H and O–H groups in total. The van der Waals surface area contributed by atoms with E-state index in [9.17, 15) is 8.42 Å². The van der Waals surface area contributed by atoms with E-state index in [1.165, 1.54) is 0 Å². The molecule has 0 aliphatic rings. The van der Waals surface area contributed by atoms with Crippen LogP contribution in [0.15, 0.2) is 17.2 Å². The fourth-order valence-corrected chi connectivity index (χ4v) is 2.59. The monoisotopic (exact) mass is 264 g/mol. The number of aryl methyl sites for hydroxylation is 1. The van der Waals surface area contributed by atoms with Gasteiger partial charge in [0, 0.05) is 16.1 Å². The first-order chi connectivity index (χ1) is 6.91. The maximum Gasteiger partial charge on any atom is 0.278 e. The maximum atomic E-state index is 11.2. The highest BCUT2D eigenvalue weighted by Gasteiger charge is 2.20. The molecular formula is C8H6Cl2N2O2S. The number of aromatic amines is 1. The first-order valence-electron chi connectivity index (χ1n) is 3.99. The second kappa shape index (κ2) is 3.37. The van der Waals surface area contributed by atoms with Crippen LogP contribution in [0.25, 0.3) is 10.9 Å². The summed E-state index contributed by atoms with van der Waals surface area (Å²) >= 11 is 5.87. The van der Waals surface area contributed by atoms with Gasteiger partial charge in [-0.25, -0.2) is 8.42 Å². The largest absolute Gasteiger partial charge is 0.278 e. The summed E-state index contributed by atoms with van der Waals surface area (Å²) in [7, 11) is 1.43. The van der Waals surface area contributed by atoms with Crippen LogP contribution in [0.4, 0.5) is 0 Å². The van der Waals surface area contributed by atoms with Gasteiger partial charge in [-0.15, -0.1) is 0 Å². The fraction of sp³-hybridized carbons (Fsp3) is 0.125. The van der Waals surface area contributed by atoms with Crippen molar-refractivity contribution in [1.82, 2.24) is 10.2 Å². The van der Waals surface area contributed by atoms with Gasteiger partial charge in [-0.2, -0.15) is 5.10 Å². The molecule has 0 amide bonds. The van der Waals surface area contributed by atoms with Crippen molar-refractivity contribution in [3.8, 4) is 0 Å². The lowest BCUT2D eigenvalue weighted by molar-refractivity contribution is 0.606. The summed E-state index contributed by atoms with van der Waals surface area (Å²) in [5, 5.41) is 6.92. The Morgan fingerprint density at radius 1 is 1.40 bits per heavy atom. The highest BCUT2D eigenvalue weighted by Crippen LogP contribution is 2.30. The molecule has 0 saturated carbocycles. The van der Waals surface area contributed by atoms with Crippen LogP contribution < -0.4 is 0 Å². The molecular weight excluding hydrogens is 259 g/mol. The van der Waals surface area contributed by atoms with Gasteiger partial charge in [0.05, 0.1) is 5.02 Å². The van der Waals surface area contributed by atoms with Crippen LogP contribution in [0.2, 0.25) is 5.02 Å². The third-order valence-electron chi connectivity index (χ3n) is 2.08. The number of benzene rings is 1. The Bertz CT molecular complexity index is 633. The van der Waals surface area contributed by atoms with Crippen molar-refractivity contribution in [2.24, 2.45) is 0 Å². The lowest BCUT2D eigenvalue weighted by atomic mass is 10.1. The molecule has 0 spiro atoms. The van der Waals surface area contributed by atoms with Crippen LogP contribution in [0, 0.1) is 6.92 Å². The van der Waals surface area contributed by atoms with E-state index in [1.807, 2.05) is 0 Å². The van der Waals surface area contributed by atoms with E-state index in [2.05, 4.69) is 10.2 Å². The average molecular weight is 265 g/mol. The van der Waals surface area contributed by atoms with Gasteiger partial charge in [-0.1, -0.05) is 17.7 Å². The number of hydrogen-bond acceptors (Lipinski definition) is 3. The Balaban J connectivity index is 2.98. The first-order valence-corrected chi connectivity index (χ1v) is 6.68. The summed E-state index contributed by atoms with van der Waals surface area (Å²) < 4.78 is 22.4. The molecule has 0 bridgehead atoms. The van der Waals surface area contributed by atoms with Crippen molar-refractivity contribution in [1.29, 1.82) is 0 Å². The van der Waals surface area contributed by atoms with Crippen molar-refractivity contribution < 1.29 is 8.42 Å². The zero-order valence-corrected chi connectivity index (χ0v) is 9.91. The van der Waals surface area contributed by atoms with E-state index >= 15 is 0 Å².